The van der Waals surface area contributed by atoms with Crippen LogP contribution in [0.15, 0.2) is 0 Å². The largest absolute Gasteiger partial charge is 0.464 e. The van der Waals surface area contributed by atoms with Crippen LogP contribution in [0.2, 0.25) is 0 Å². The number of rotatable bonds is 37. The summed E-state index contributed by atoms with van der Waals surface area (Å²) >= 11 is 0. The Balaban J connectivity index is 0.000000413. The highest BCUT2D eigenvalue weighted by Crippen LogP contribution is 2.59. The van der Waals surface area contributed by atoms with Gasteiger partial charge >= 0.3 is 77.6 Å². The number of esters is 13. The van der Waals surface area contributed by atoms with Gasteiger partial charge in [-0.1, -0.05) is 69.2 Å². The fourth-order valence-corrected chi connectivity index (χ4v) is 15.9. The molecule has 5 N–H and O–H groups in total. The van der Waals surface area contributed by atoms with Gasteiger partial charge in [0, 0.05) is 12.8 Å². The third kappa shape index (κ3) is 35.5. The predicted molar refractivity (Wildman–Crippen MR) is 506 cm³/mol. The molecule has 8 atom stereocenters. The smallest absolute Gasteiger partial charge is 0.347 e. The van der Waals surface area contributed by atoms with Crippen molar-refractivity contribution >= 4 is 77.6 Å². The standard InChI is InChI=1S/2C19H34O8.C16H26O3.C14H26O2.C13H18O5.C13H24O2.C10H16O4/c2*1-9-16(2,3)13(20)25-10-19(8,11-26-14(21)17(4,5)23)12-27-15(22)18(6,7)24;1-4-14(2,3)13(17)19-16-8-11-5-12(9-16)7-15(18,6-11)10-16;1-6-13(4,5)12(15)16-14(11(2)3)9-7-8-10-14;1-4-13(2,3)12(15)18-9-7-5-6-8(16-7)10(9)17-11(6)14;1-5-12(3,4)11(14)15-13(6-2)9-7-8-10-13;1-4-10(2,3)9(12)14-7-5-6-13-8(7)11/h2*23-24H,9-12H2,1-8H3;11-12,18H,4-10H2,1-3H3;11H,6-10H2,1-5H3;6-10H,4-5H2,1-3H3;5-10H2,1-4H3;7H,4-6H2,1-3H3. The van der Waals surface area contributed by atoms with Crippen LogP contribution in [0.1, 0.15) is 390 Å². The van der Waals surface area contributed by atoms with Gasteiger partial charge in [-0.05, 0) is 325 Å². The molecule has 10 rings (SSSR count). The number of carbonyl (C=O) groups excluding carboxylic acids is 13. The fraction of sp³-hybridized carbons (Fsp3) is 0.875. The highest BCUT2D eigenvalue weighted by atomic mass is 16.7. The Morgan fingerprint density at radius 3 is 1.01 bits per heavy atom. The quantitative estimate of drug-likeness (QED) is 0.0285. The average molecular weight is 1940 g/mol. The van der Waals surface area contributed by atoms with Gasteiger partial charge in [-0.2, -0.15) is 0 Å². The first-order valence-electron chi connectivity index (χ1n) is 49.7. The van der Waals surface area contributed by atoms with Crippen LogP contribution in [0, 0.1) is 72.4 Å². The van der Waals surface area contributed by atoms with E-state index in [9.17, 15) is 87.9 Å². The van der Waals surface area contributed by atoms with E-state index in [1.54, 1.807) is 55.4 Å². The molecule has 0 aromatic carbocycles. The van der Waals surface area contributed by atoms with Gasteiger partial charge in [0.25, 0.3) is 0 Å². The van der Waals surface area contributed by atoms with Crippen molar-refractivity contribution in [1.29, 1.82) is 0 Å². The van der Waals surface area contributed by atoms with Crippen molar-refractivity contribution in [3.05, 3.63) is 0 Å². The maximum Gasteiger partial charge on any atom is 0.347 e. The number of carbonyl (C=O) groups is 13. The first-order valence-corrected chi connectivity index (χ1v) is 49.7. The van der Waals surface area contributed by atoms with Crippen LogP contribution in [-0.2, 0) is 129 Å². The molecule has 32 nitrogen and oxygen atoms in total. The molecule has 32 heteroatoms. The van der Waals surface area contributed by atoms with E-state index in [2.05, 4.69) is 20.8 Å². The predicted octanol–water partition coefficient (Wildman–Crippen LogP) is 16.2. The maximum atomic E-state index is 12.4. The Bertz CT molecular complexity index is 3810. The minimum atomic E-state index is -1.69. The molecule has 0 aromatic heterocycles. The molecule has 8 unspecified atom stereocenters. The number of hydrogen-bond acceptors (Lipinski definition) is 32. The molecule has 4 saturated heterocycles. The second-order valence-corrected chi connectivity index (χ2v) is 47.3. The first-order chi connectivity index (χ1) is 61.8. The fourth-order valence-electron chi connectivity index (χ4n) is 15.9. The Kier molecular flexibility index (Phi) is 43.9. The lowest BCUT2D eigenvalue weighted by molar-refractivity contribution is -0.225. The Labute approximate surface area is 811 Å². The lowest BCUT2D eigenvalue weighted by Crippen LogP contribution is -2.61. The molecular formula is C104H178O32. The summed E-state index contributed by atoms with van der Waals surface area (Å²) in [6.07, 6.45) is 19.8. The van der Waals surface area contributed by atoms with Gasteiger partial charge in [-0.25, -0.2) is 24.0 Å². The zero-order valence-corrected chi connectivity index (χ0v) is 89.4. The number of aliphatic hydroxyl groups is 5. The van der Waals surface area contributed by atoms with E-state index in [0.717, 1.165) is 77.0 Å². The topological polar surface area (TPSA) is 452 Å². The van der Waals surface area contributed by atoms with E-state index < -0.39 is 126 Å². The van der Waals surface area contributed by atoms with E-state index in [0.29, 0.717) is 69.3 Å². The summed E-state index contributed by atoms with van der Waals surface area (Å²) in [4.78, 5) is 154. The van der Waals surface area contributed by atoms with Gasteiger partial charge in [0.15, 0.2) is 34.6 Å². The first kappa shape index (κ1) is 123. The number of ether oxygens (including phenoxy) is 14. The molecule has 0 spiro atoms. The van der Waals surface area contributed by atoms with E-state index in [-0.39, 0.29) is 121 Å². The average Bonchev–Trinajstić information content (AvgIpc) is 0.828. The summed E-state index contributed by atoms with van der Waals surface area (Å²) in [5.41, 5.74) is -13.6. The highest BCUT2D eigenvalue weighted by molar-refractivity contribution is 5.84. The van der Waals surface area contributed by atoms with Crippen molar-refractivity contribution < 1.29 is 154 Å². The van der Waals surface area contributed by atoms with Crippen molar-refractivity contribution in [3.63, 3.8) is 0 Å². The Hall–Kier alpha value is -7.13. The molecule has 6 aliphatic carbocycles. The third-order valence-electron chi connectivity index (χ3n) is 29.1. The zero-order valence-electron chi connectivity index (χ0n) is 89.4. The second kappa shape index (κ2) is 48.6. The molecule has 6 bridgehead atoms. The highest BCUT2D eigenvalue weighted by Gasteiger charge is 2.66. The van der Waals surface area contributed by atoms with E-state index in [1.807, 2.05) is 104 Å². The van der Waals surface area contributed by atoms with Gasteiger partial charge < -0.3 is 91.8 Å². The van der Waals surface area contributed by atoms with Gasteiger partial charge in [-0.15, -0.1) is 0 Å². The molecular weight excluding hydrogens is 1760 g/mol. The van der Waals surface area contributed by atoms with E-state index in [1.165, 1.54) is 87.5 Å². The normalized spacial score (nSPS) is 23.7. The molecule has 10 fully saturated rings. The SMILES string of the molecule is CCC(C)(C)C(=O)OC1(C(C)C)CCCC1.CCC(C)(C)C(=O)OC12CC3CC(CC(O)(C3)C1)C2.CCC(C)(C)C(=O)OC1C2CC3C(=O)OC1C3O2.CCC(C)(C)C(=O)OC1CCOC1=O.CCC(C)(C)C(=O)OCC(C)(COC(=O)C(C)(C)O)COC(=O)C(C)(C)O.CCC(C)(C)C(=O)OCC(C)(COC(=O)C(C)(C)O)COC(=O)C(C)(C)O.CCC1(OC(=O)C(C)(C)CC)CCCC1. The van der Waals surface area contributed by atoms with Gasteiger partial charge in [0.1, 0.15) is 62.5 Å². The Morgan fingerprint density at radius 2 is 0.699 bits per heavy atom. The second-order valence-electron chi connectivity index (χ2n) is 47.3. The van der Waals surface area contributed by atoms with Gasteiger partial charge in [0.2, 0.25) is 6.10 Å². The minimum absolute atomic E-state index is 0.0197. The molecule has 136 heavy (non-hydrogen) atoms. The van der Waals surface area contributed by atoms with Crippen molar-refractivity contribution in [1.82, 2.24) is 0 Å². The summed E-state index contributed by atoms with van der Waals surface area (Å²) in [5, 5.41) is 49.4. The van der Waals surface area contributed by atoms with Crippen LogP contribution in [0.4, 0.5) is 0 Å². The van der Waals surface area contributed by atoms with Crippen molar-refractivity contribution in [3.8, 4) is 0 Å². The molecule has 0 amide bonds. The van der Waals surface area contributed by atoms with Crippen LogP contribution < -0.4 is 0 Å². The Morgan fingerprint density at radius 1 is 0.382 bits per heavy atom. The van der Waals surface area contributed by atoms with Crippen LogP contribution in [0.3, 0.4) is 0 Å². The summed E-state index contributed by atoms with van der Waals surface area (Å²) < 4.78 is 74.9. The number of cyclic esters (lactones) is 1. The molecule has 786 valence electrons. The van der Waals surface area contributed by atoms with Crippen LogP contribution in [0.25, 0.3) is 0 Å². The third-order valence-corrected chi connectivity index (χ3v) is 29.1. The lowest BCUT2D eigenvalue weighted by atomic mass is 9.52. The van der Waals surface area contributed by atoms with E-state index >= 15 is 0 Å². The number of hydrogen-bond donors (Lipinski definition) is 5. The summed E-state index contributed by atoms with van der Waals surface area (Å²) in [7, 11) is 0. The molecule has 4 aliphatic heterocycles. The minimum Gasteiger partial charge on any atom is -0.464 e. The zero-order chi connectivity index (χ0) is 105. The molecule has 6 saturated carbocycles. The summed E-state index contributed by atoms with van der Waals surface area (Å²) in [5.74, 6) is -4.23. The molecule has 0 aromatic rings. The van der Waals surface area contributed by atoms with Gasteiger partial charge in [0.05, 0.1) is 73.0 Å². The maximum absolute atomic E-state index is 12.4. The van der Waals surface area contributed by atoms with Crippen LogP contribution >= 0.6 is 0 Å². The van der Waals surface area contributed by atoms with Gasteiger partial charge in [-0.3, -0.25) is 38.4 Å². The molecule has 4 heterocycles. The van der Waals surface area contributed by atoms with Crippen molar-refractivity contribution in [2.24, 2.45) is 72.4 Å². The van der Waals surface area contributed by atoms with Crippen molar-refractivity contribution in [2.45, 2.75) is 465 Å². The molecule has 10 aliphatic rings. The lowest BCUT2D eigenvalue weighted by Gasteiger charge is -2.59. The summed E-state index contributed by atoms with van der Waals surface area (Å²) in [6.45, 7) is 58.6. The summed E-state index contributed by atoms with van der Waals surface area (Å²) in [6, 6.07) is 0. The van der Waals surface area contributed by atoms with Crippen LogP contribution in [0.5, 0.6) is 0 Å². The molecule has 0 radical (unpaired) electrons. The van der Waals surface area contributed by atoms with Crippen molar-refractivity contribution in [2.75, 3.05) is 46.2 Å². The van der Waals surface area contributed by atoms with Crippen LogP contribution in [-0.4, -0.2) is 225 Å². The number of fused-ring (bicyclic) bond motifs is 1. The monoisotopic (exact) mass is 1940 g/mol. The van der Waals surface area contributed by atoms with E-state index in [4.69, 9.17) is 66.3 Å².